The zero-order chi connectivity index (χ0) is 52.9. The first-order valence-electron chi connectivity index (χ1n) is 28.9. The molecule has 0 spiro atoms. The molecule has 1 saturated heterocycles. The van der Waals surface area contributed by atoms with Crippen molar-refractivity contribution >= 4 is 5.91 Å². The third-order valence-electron chi connectivity index (χ3n) is 12.8. The Morgan fingerprint density at radius 3 is 1.26 bits per heavy atom. The van der Waals surface area contributed by atoms with Gasteiger partial charge in [0.15, 0.2) is 6.29 Å². The zero-order valence-corrected chi connectivity index (χ0v) is 45.8. The lowest BCUT2D eigenvalue weighted by molar-refractivity contribution is -0.302. The summed E-state index contributed by atoms with van der Waals surface area (Å²) in [5, 5.41) is 54.4. The van der Waals surface area contributed by atoms with Crippen molar-refractivity contribution in [1.82, 2.24) is 5.32 Å². The molecular formula is C64H105NO8. The Morgan fingerprint density at radius 1 is 0.479 bits per heavy atom. The summed E-state index contributed by atoms with van der Waals surface area (Å²) in [6, 6.07) is -0.738. The molecule has 1 fully saturated rings. The fourth-order valence-electron chi connectivity index (χ4n) is 8.22. The molecule has 6 N–H and O–H groups in total. The first-order valence-corrected chi connectivity index (χ1v) is 28.9. The number of amides is 1. The van der Waals surface area contributed by atoms with Gasteiger partial charge in [0.05, 0.1) is 25.4 Å². The van der Waals surface area contributed by atoms with Crippen LogP contribution in [0.5, 0.6) is 0 Å². The maximum Gasteiger partial charge on any atom is 0.220 e. The van der Waals surface area contributed by atoms with Crippen LogP contribution >= 0.6 is 0 Å². The van der Waals surface area contributed by atoms with E-state index >= 15 is 0 Å². The van der Waals surface area contributed by atoms with Crippen LogP contribution in [0.1, 0.15) is 206 Å². The molecule has 0 bridgehead atoms. The van der Waals surface area contributed by atoms with Crippen LogP contribution in [0, 0.1) is 0 Å². The summed E-state index contributed by atoms with van der Waals surface area (Å²) in [7, 11) is 0. The summed E-state index contributed by atoms with van der Waals surface area (Å²) in [5.74, 6) is -0.170. The molecule has 7 atom stereocenters. The van der Waals surface area contributed by atoms with Gasteiger partial charge in [-0.2, -0.15) is 0 Å². The number of carbonyl (C=O) groups excluding carboxylic acids is 1. The molecule has 7 unspecified atom stereocenters. The van der Waals surface area contributed by atoms with Crippen molar-refractivity contribution in [1.29, 1.82) is 0 Å². The number of rotatable bonds is 47. The molecule has 1 aliphatic heterocycles. The van der Waals surface area contributed by atoms with Gasteiger partial charge >= 0.3 is 0 Å². The average Bonchev–Trinajstić information content (AvgIpc) is 3.39. The number of unbranched alkanes of at least 4 members (excludes halogenated alkanes) is 15. The van der Waals surface area contributed by atoms with Gasteiger partial charge in [-0.3, -0.25) is 4.79 Å². The van der Waals surface area contributed by atoms with Crippen molar-refractivity contribution in [2.24, 2.45) is 0 Å². The minimum absolute atomic E-state index is 0.154. The van der Waals surface area contributed by atoms with Crippen LogP contribution in [0.3, 0.4) is 0 Å². The molecule has 1 amide bonds. The third-order valence-corrected chi connectivity index (χ3v) is 12.8. The van der Waals surface area contributed by atoms with E-state index in [2.05, 4.69) is 153 Å². The van der Waals surface area contributed by atoms with E-state index in [9.17, 15) is 30.3 Å². The van der Waals surface area contributed by atoms with Crippen LogP contribution in [0.15, 0.2) is 134 Å². The quantitative estimate of drug-likeness (QED) is 0.0261. The smallest absolute Gasteiger partial charge is 0.220 e. The van der Waals surface area contributed by atoms with Crippen molar-refractivity contribution in [3.8, 4) is 0 Å². The van der Waals surface area contributed by atoms with E-state index in [1.807, 2.05) is 0 Å². The highest BCUT2D eigenvalue weighted by atomic mass is 16.7. The number of nitrogens with one attached hydrogen (secondary N) is 1. The molecule has 0 aromatic heterocycles. The van der Waals surface area contributed by atoms with Crippen LogP contribution in [-0.4, -0.2) is 87.5 Å². The summed E-state index contributed by atoms with van der Waals surface area (Å²) >= 11 is 0. The molecule has 0 saturated carbocycles. The Hall–Kier alpha value is -3.67. The lowest BCUT2D eigenvalue weighted by atomic mass is 9.99. The molecule has 73 heavy (non-hydrogen) atoms. The van der Waals surface area contributed by atoms with Crippen LogP contribution < -0.4 is 5.32 Å². The predicted octanol–water partition coefficient (Wildman–Crippen LogP) is 14.5. The summed E-state index contributed by atoms with van der Waals surface area (Å²) in [4.78, 5) is 13.0. The molecular weight excluding hydrogens is 911 g/mol. The van der Waals surface area contributed by atoms with E-state index in [-0.39, 0.29) is 12.5 Å². The van der Waals surface area contributed by atoms with Crippen LogP contribution in [-0.2, 0) is 14.3 Å². The van der Waals surface area contributed by atoms with Crippen LogP contribution in [0.2, 0.25) is 0 Å². The van der Waals surface area contributed by atoms with Gasteiger partial charge in [0.1, 0.15) is 24.4 Å². The number of hydrogen-bond donors (Lipinski definition) is 6. The Labute approximate surface area is 445 Å². The van der Waals surface area contributed by atoms with Gasteiger partial charge in [-0.05, 0) is 96.3 Å². The van der Waals surface area contributed by atoms with Crippen molar-refractivity contribution in [3.05, 3.63) is 134 Å². The molecule has 1 aliphatic rings. The second-order valence-electron chi connectivity index (χ2n) is 19.4. The molecule has 0 aromatic rings. The van der Waals surface area contributed by atoms with Crippen molar-refractivity contribution in [2.75, 3.05) is 13.2 Å². The van der Waals surface area contributed by atoms with E-state index in [1.54, 1.807) is 0 Å². The number of carbonyl (C=O) groups is 1. The predicted molar refractivity (Wildman–Crippen MR) is 308 cm³/mol. The summed E-state index contributed by atoms with van der Waals surface area (Å²) in [5.41, 5.74) is 0. The van der Waals surface area contributed by atoms with Gasteiger partial charge in [0, 0.05) is 6.42 Å². The fraction of sp³-hybridized carbons (Fsp3) is 0.641. The monoisotopic (exact) mass is 1020 g/mol. The highest BCUT2D eigenvalue weighted by Crippen LogP contribution is 2.23. The molecule has 0 radical (unpaired) electrons. The first kappa shape index (κ1) is 67.3. The van der Waals surface area contributed by atoms with E-state index < -0.39 is 49.5 Å². The number of ether oxygens (including phenoxy) is 2. The Morgan fingerprint density at radius 2 is 0.849 bits per heavy atom. The number of allylic oxidation sites excluding steroid dienone is 22. The van der Waals surface area contributed by atoms with E-state index in [0.29, 0.717) is 12.8 Å². The lowest BCUT2D eigenvalue weighted by Crippen LogP contribution is -2.60. The third kappa shape index (κ3) is 41.3. The minimum atomic E-state index is -1.56. The molecule has 1 heterocycles. The minimum Gasteiger partial charge on any atom is -0.394 e. The van der Waals surface area contributed by atoms with E-state index in [4.69, 9.17) is 9.47 Å². The zero-order valence-electron chi connectivity index (χ0n) is 45.8. The van der Waals surface area contributed by atoms with E-state index in [1.165, 1.54) is 51.4 Å². The maximum atomic E-state index is 13.0. The SMILES string of the molecule is CC/C=C\C/C=C\C/C=C\C/C=C\C/C=C\C/C=C\C/C=C\C/C=C\C/C=C\C/C=C\C/C=C\CCCCCCCC(=O)NC(COC1OC(CO)C(O)C(O)C1O)C(O)CCCCCCCCCCCCC. The molecule has 414 valence electrons. The standard InChI is InChI=1S/C64H105NO8/c1-3-5-7-9-11-13-15-16-17-18-19-20-21-22-23-24-25-26-27-28-29-30-31-32-33-34-35-36-37-38-39-40-41-42-44-46-48-50-52-54-60(68)65-57(56-72-64-63(71)62(70)61(69)59(55-66)73-64)58(67)53-51-49-47-45-43-14-12-10-8-6-4-2/h5,7,11,13,16-17,19-20,22-23,25-26,28-29,31-32,34-35,37-38,40-41,57-59,61-64,66-67,69-71H,3-4,6,8-10,12,14-15,18,21,24,27,30,33,36,39,42-56H2,1-2H3,(H,65,68)/b7-5-,13-11-,17-16-,20-19-,23-22-,26-25-,29-28-,32-31-,35-34-,38-37-,41-40-. The number of hydrogen-bond acceptors (Lipinski definition) is 8. The van der Waals surface area contributed by atoms with Gasteiger partial charge in [0.2, 0.25) is 5.91 Å². The first-order chi connectivity index (χ1) is 35.8. The van der Waals surface area contributed by atoms with Crippen molar-refractivity contribution in [2.45, 2.75) is 249 Å². The normalized spacial score (nSPS) is 20.1. The van der Waals surface area contributed by atoms with Crippen molar-refractivity contribution in [3.63, 3.8) is 0 Å². The highest BCUT2D eigenvalue weighted by molar-refractivity contribution is 5.76. The van der Waals surface area contributed by atoms with Gasteiger partial charge in [-0.25, -0.2) is 0 Å². The van der Waals surface area contributed by atoms with Crippen LogP contribution in [0.4, 0.5) is 0 Å². The molecule has 1 rings (SSSR count). The Bertz CT molecular complexity index is 1600. The number of aliphatic hydroxyl groups is 5. The second-order valence-corrected chi connectivity index (χ2v) is 19.4. The molecule has 0 aliphatic carbocycles. The maximum absolute atomic E-state index is 13.0. The summed E-state index contributed by atoms with van der Waals surface area (Å²) in [6.07, 6.45) is 72.0. The van der Waals surface area contributed by atoms with Crippen LogP contribution in [0.25, 0.3) is 0 Å². The summed E-state index contributed by atoms with van der Waals surface area (Å²) < 4.78 is 11.3. The molecule has 9 heteroatoms. The van der Waals surface area contributed by atoms with Crippen molar-refractivity contribution < 1.29 is 39.8 Å². The lowest BCUT2D eigenvalue weighted by Gasteiger charge is -2.40. The van der Waals surface area contributed by atoms with E-state index in [0.717, 1.165) is 128 Å². The fourth-order valence-corrected chi connectivity index (χ4v) is 8.22. The number of aliphatic hydroxyl groups excluding tert-OH is 5. The Kier molecular flexibility index (Phi) is 47.8. The van der Waals surface area contributed by atoms with Gasteiger partial charge in [0.25, 0.3) is 0 Å². The molecule has 0 aromatic carbocycles. The van der Waals surface area contributed by atoms with Gasteiger partial charge in [-0.15, -0.1) is 0 Å². The molecule has 9 nitrogen and oxygen atoms in total. The highest BCUT2D eigenvalue weighted by Gasteiger charge is 2.44. The Balaban J connectivity index is 2.17. The van der Waals surface area contributed by atoms with Gasteiger partial charge < -0.3 is 40.3 Å². The second kappa shape index (κ2) is 51.8. The average molecular weight is 1020 g/mol. The topological polar surface area (TPSA) is 149 Å². The largest absolute Gasteiger partial charge is 0.394 e. The van der Waals surface area contributed by atoms with Gasteiger partial charge in [-0.1, -0.05) is 237 Å². The summed E-state index contributed by atoms with van der Waals surface area (Å²) in [6.45, 7) is 3.68.